The normalized spacial score (nSPS) is 19.3. The van der Waals surface area contributed by atoms with Gasteiger partial charge in [0.05, 0.1) is 0 Å². The van der Waals surface area contributed by atoms with Crippen molar-refractivity contribution in [3.05, 3.63) is 21.7 Å². The highest BCUT2D eigenvalue weighted by molar-refractivity contribution is 9.12. The zero-order chi connectivity index (χ0) is 7.56. The molecule has 0 atom stereocenters. The highest BCUT2D eigenvalue weighted by atomic mass is 79.9. The molecule has 0 nitrogen and oxygen atoms in total. The fourth-order valence-corrected chi connectivity index (χ4v) is 2.26. The predicted molar refractivity (Wildman–Crippen MR) is 52.7 cm³/mol. The third-order valence-electron chi connectivity index (χ3n) is 1.82. The van der Waals surface area contributed by atoms with Gasteiger partial charge in [-0.3, -0.25) is 0 Å². The van der Waals surface area contributed by atoms with Crippen LogP contribution in [-0.4, -0.2) is 5.33 Å². The Balaban J connectivity index is 2.85. The van der Waals surface area contributed by atoms with Gasteiger partial charge in [-0.1, -0.05) is 43.5 Å². The zero-order valence-electron chi connectivity index (χ0n) is 5.95. The van der Waals surface area contributed by atoms with Crippen LogP contribution < -0.4 is 0 Å². The molecule has 0 saturated heterocycles. The van der Waals surface area contributed by atoms with Crippen LogP contribution in [0.25, 0.3) is 0 Å². The van der Waals surface area contributed by atoms with E-state index in [4.69, 9.17) is 0 Å². The van der Waals surface area contributed by atoms with Gasteiger partial charge in [-0.15, -0.1) is 0 Å². The standard InChI is InChI=1S/C8H10Br2/c1-6-7(5-9)3-2-4-8(6)10/h4H,2-3,5H2,1H3. The molecule has 0 aromatic carbocycles. The molecule has 2 heteroatoms. The highest BCUT2D eigenvalue weighted by Gasteiger charge is 2.07. The summed E-state index contributed by atoms with van der Waals surface area (Å²) >= 11 is 6.99. The maximum absolute atomic E-state index is 3.52. The Hall–Kier alpha value is 0.440. The summed E-state index contributed by atoms with van der Waals surface area (Å²) in [7, 11) is 0. The Bertz CT molecular complexity index is 189. The molecule has 0 heterocycles. The van der Waals surface area contributed by atoms with Crippen molar-refractivity contribution >= 4 is 31.9 Å². The fraction of sp³-hybridized carbons (Fsp3) is 0.500. The Morgan fingerprint density at radius 3 is 2.80 bits per heavy atom. The molecule has 0 saturated carbocycles. The Morgan fingerprint density at radius 1 is 1.60 bits per heavy atom. The summed E-state index contributed by atoms with van der Waals surface area (Å²) < 4.78 is 1.27. The summed E-state index contributed by atoms with van der Waals surface area (Å²) in [4.78, 5) is 0. The quantitative estimate of drug-likeness (QED) is 0.634. The number of allylic oxidation sites excluding steroid dienone is 4. The lowest BCUT2D eigenvalue weighted by molar-refractivity contribution is 0.943. The monoisotopic (exact) mass is 264 g/mol. The molecule has 0 bridgehead atoms. The molecule has 0 aliphatic heterocycles. The summed E-state index contributed by atoms with van der Waals surface area (Å²) in [5.41, 5.74) is 2.93. The fourth-order valence-electron chi connectivity index (χ4n) is 1.05. The molecule has 0 spiro atoms. The molecule has 0 radical (unpaired) electrons. The summed E-state index contributed by atoms with van der Waals surface area (Å²) in [5.74, 6) is 0. The molecular formula is C8H10Br2. The average molecular weight is 266 g/mol. The van der Waals surface area contributed by atoms with E-state index >= 15 is 0 Å². The van der Waals surface area contributed by atoms with E-state index in [1.165, 1.54) is 28.5 Å². The van der Waals surface area contributed by atoms with Gasteiger partial charge in [0.1, 0.15) is 0 Å². The van der Waals surface area contributed by atoms with Crippen LogP contribution in [-0.2, 0) is 0 Å². The molecule has 1 rings (SSSR count). The number of alkyl halides is 1. The first-order valence-corrected chi connectivity index (χ1v) is 5.27. The molecule has 0 unspecified atom stereocenters. The minimum Gasteiger partial charge on any atom is -0.0880 e. The van der Waals surface area contributed by atoms with E-state index in [2.05, 4.69) is 44.9 Å². The van der Waals surface area contributed by atoms with Gasteiger partial charge in [0.15, 0.2) is 0 Å². The van der Waals surface area contributed by atoms with Gasteiger partial charge in [-0.2, -0.15) is 0 Å². The van der Waals surface area contributed by atoms with Crippen molar-refractivity contribution in [3.63, 3.8) is 0 Å². The van der Waals surface area contributed by atoms with Gasteiger partial charge in [0, 0.05) is 9.81 Å². The Morgan fingerprint density at radius 2 is 2.30 bits per heavy atom. The lowest BCUT2D eigenvalue weighted by Gasteiger charge is -2.13. The van der Waals surface area contributed by atoms with Crippen molar-refractivity contribution in [2.24, 2.45) is 0 Å². The van der Waals surface area contributed by atoms with Crippen LogP contribution in [0.2, 0.25) is 0 Å². The van der Waals surface area contributed by atoms with E-state index in [0.717, 1.165) is 5.33 Å². The number of rotatable bonds is 1. The van der Waals surface area contributed by atoms with Crippen molar-refractivity contribution in [1.82, 2.24) is 0 Å². The second-order valence-corrected chi connectivity index (χ2v) is 3.87. The molecule has 1 aliphatic rings. The van der Waals surface area contributed by atoms with Gasteiger partial charge in [-0.05, 0) is 25.3 Å². The SMILES string of the molecule is CC1=C(CBr)CCC=C1Br. The maximum Gasteiger partial charge on any atom is 0.0248 e. The van der Waals surface area contributed by atoms with Gasteiger partial charge in [-0.25, -0.2) is 0 Å². The molecule has 0 aromatic heterocycles. The highest BCUT2D eigenvalue weighted by Crippen LogP contribution is 2.29. The minimum atomic E-state index is 1.02. The summed E-state index contributed by atoms with van der Waals surface area (Å²) in [6.07, 6.45) is 4.63. The predicted octanol–water partition coefficient (Wildman–Crippen LogP) is 3.77. The van der Waals surface area contributed by atoms with Crippen molar-refractivity contribution in [2.75, 3.05) is 5.33 Å². The van der Waals surface area contributed by atoms with Crippen LogP contribution in [0, 0.1) is 0 Å². The van der Waals surface area contributed by atoms with E-state index in [1.54, 1.807) is 0 Å². The Kier molecular flexibility index (Phi) is 3.18. The van der Waals surface area contributed by atoms with Gasteiger partial charge in [0.2, 0.25) is 0 Å². The lowest BCUT2D eigenvalue weighted by atomic mass is 10.0. The number of halogens is 2. The van der Waals surface area contributed by atoms with E-state index in [9.17, 15) is 0 Å². The third-order valence-corrected chi connectivity index (χ3v) is 3.41. The number of hydrogen-bond donors (Lipinski definition) is 0. The Labute approximate surface area is 78.6 Å². The minimum absolute atomic E-state index is 1.02. The van der Waals surface area contributed by atoms with Crippen LogP contribution in [0.5, 0.6) is 0 Å². The summed E-state index contributed by atoms with van der Waals surface area (Å²) in [6.45, 7) is 2.16. The van der Waals surface area contributed by atoms with Crippen molar-refractivity contribution in [1.29, 1.82) is 0 Å². The van der Waals surface area contributed by atoms with Gasteiger partial charge < -0.3 is 0 Å². The van der Waals surface area contributed by atoms with Crippen LogP contribution in [0.15, 0.2) is 21.7 Å². The molecule has 0 amide bonds. The number of hydrogen-bond acceptors (Lipinski definition) is 0. The largest absolute Gasteiger partial charge is 0.0880 e. The second-order valence-electron chi connectivity index (χ2n) is 2.45. The maximum atomic E-state index is 3.52. The molecule has 1 aliphatic carbocycles. The van der Waals surface area contributed by atoms with Crippen molar-refractivity contribution < 1.29 is 0 Å². The molecule has 0 aromatic rings. The van der Waals surface area contributed by atoms with Crippen molar-refractivity contribution in [2.45, 2.75) is 19.8 Å². The van der Waals surface area contributed by atoms with Crippen LogP contribution >= 0.6 is 31.9 Å². The lowest BCUT2D eigenvalue weighted by Crippen LogP contribution is -1.95. The van der Waals surface area contributed by atoms with Crippen molar-refractivity contribution in [3.8, 4) is 0 Å². The first-order valence-electron chi connectivity index (χ1n) is 3.36. The van der Waals surface area contributed by atoms with E-state index < -0.39 is 0 Å². The molecule has 0 fully saturated rings. The van der Waals surface area contributed by atoms with E-state index in [0.29, 0.717) is 0 Å². The van der Waals surface area contributed by atoms with E-state index in [-0.39, 0.29) is 0 Å². The molecule has 10 heavy (non-hydrogen) atoms. The summed E-state index contributed by atoms with van der Waals surface area (Å²) in [6, 6.07) is 0. The second kappa shape index (κ2) is 3.72. The molecule has 56 valence electrons. The van der Waals surface area contributed by atoms with Gasteiger partial charge >= 0.3 is 0 Å². The smallest absolute Gasteiger partial charge is 0.0248 e. The topological polar surface area (TPSA) is 0 Å². The van der Waals surface area contributed by atoms with E-state index in [1.807, 2.05) is 0 Å². The van der Waals surface area contributed by atoms with Gasteiger partial charge in [0.25, 0.3) is 0 Å². The molecule has 0 N–H and O–H groups in total. The first kappa shape index (κ1) is 8.54. The molecular weight excluding hydrogens is 256 g/mol. The summed E-state index contributed by atoms with van der Waals surface area (Å²) in [5, 5.41) is 1.02. The third kappa shape index (κ3) is 1.73. The van der Waals surface area contributed by atoms with Crippen LogP contribution in [0.1, 0.15) is 19.8 Å². The first-order chi connectivity index (χ1) is 4.75. The average Bonchev–Trinajstić information content (AvgIpc) is 1.95. The van der Waals surface area contributed by atoms with Crippen LogP contribution in [0.3, 0.4) is 0 Å². The van der Waals surface area contributed by atoms with Crippen LogP contribution in [0.4, 0.5) is 0 Å². The zero-order valence-corrected chi connectivity index (χ0v) is 9.13.